The van der Waals surface area contributed by atoms with Gasteiger partial charge in [-0.15, -0.1) is 0 Å². The Balaban J connectivity index is 2.35. The summed E-state index contributed by atoms with van der Waals surface area (Å²) in [7, 11) is 1.75. The van der Waals surface area contributed by atoms with Gasteiger partial charge in [0.15, 0.2) is 0 Å². The standard InChI is InChI=1S/C13H22N4O2/c1-4-9(2)16-12(18)5-6-15-13(19)11-7-10(14)8-17(11)3/h7-9H,4-6,14H2,1-3H3,(H,15,19)(H,16,18). The number of aryl methyl sites for hydroxylation is 1. The van der Waals surface area contributed by atoms with Gasteiger partial charge >= 0.3 is 0 Å². The average molecular weight is 266 g/mol. The summed E-state index contributed by atoms with van der Waals surface area (Å²) in [5, 5.41) is 5.54. The first-order chi connectivity index (χ1) is 8.93. The minimum absolute atomic E-state index is 0.0546. The van der Waals surface area contributed by atoms with Crippen LogP contribution in [-0.2, 0) is 11.8 Å². The van der Waals surface area contributed by atoms with Crippen LogP contribution in [0.25, 0.3) is 0 Å². The van der Waals surface area contributed by atoms with Crippen molar-refractivity contribution in [3.8, 4) is 0 Å². The molecule has 1 aromatic rings. The normalized spacial score (nSPS) is 11.9. The molecule has 0 radical (unpaired) electrons. The topological polar surface area (TPSA) is 89.2 Å². The van der Waals surface area contributed by atoms with Gasteiger partial charge in [-0.05, 0) is 19.4 Å². The minimum atomic E-state index is -0.226. The summed E-state index contributed by atoms with van der Waals surface area (Å²) in [6.07, 6.45) is 2.83. The maximum absolute atomic E-state index is 11.8. The van der Waals surface area contributed by atoms with Crippen molar-refractivity contribution in [3.05, 3.63) is 18.0 Å². The predicted octanol–water partition coefficient (Wildman–Crippen LogP) is 0.642. The Morgan fingerprint density at radius 1 is 1.47 bits per heavy atom. The zero-order chi connectivity index (χ0) is 14.4. The average Bonchev–Trinajstić information content (AvgIpc) is 2.68. The Hall–Kier alpha value is -1.98. The third-order valence-electron chi connectivity index (χ3n) is 2.92. The van der Waals surface area contributed by atoms with Crippen LogP contribution in [0.4, 0.5) is 5.69 Å². The second kappa shape index (κ2) is 6.82. The Labute approximate surface area is 113 Å². The van der Waals surface area contributed by atoms with Gasteiger partial charge in [-0.25, -0.2) is 0 Å². The summed E-state index contributed by atoms with van der Waals surface area (Å²) in [6.45, 7) is 4.27. The fourth-order valence-corrected chi connectivity index (χ4v) is 1.64. The first-order valence-electron chi connectivity index (χ1n) is 6.43. The molecule has 0 aliphatic carbocycles. The van der Waals surface area contributed by atoms with Gasteiger partial charge in [-0.2, -0.15) is 0 Å². The Bertz CT molecular complexity index is 453. The summed E-state index contributed by atoms with van der Waals surface area (Å²) in [5.74, 6) is -0.281. The molecule has 4 N–H and O–H groups in total. The van der Waals surface area contributed by atoms with Crippen molar-refractivity contribution >= 4 is 17.5 Å². The second-order valence-corrected chi connectivity index (χ2v) is 4.65. The van der Waals surface area contributed by atoms with Gasteiger partial charge < -0.3 is 20.9 Å². The number of nitrogens with zero attached hydrogens (tertiary/aromatic N) is 1. The number of carbonyl (C=O) groups excluding carboxylic acids is 2. The van der Waals surface area contributed by atoms with Crippen LogP contribution in [0.1, 0.15) is 37.2 Å². The molecule has 6 heteroatoms. The highest BCUT2D eigenvalue weighted by Crippen LogP contribution is 2.08. The molecule has 1 heterocycles. The number of rotatable bonds is 6. The molecule has 6 nitrogen and oxygen atoms in total. The number of anilines is 1. The Morgan fingerprint density at radius 2 is 2.16 bits per heavy atom. The SMILES string of the molecule is CCC(C)NC(=O)CCNC(=O)c1cc(N)cn1C. The molecule has 2 amide bonds. The number of nitrogens with two attached hydrogens (primary N) is 1. The number of aromatic nitrogens is 1. The van der Waals surface area contributed by atoms with Gasteiger partial charge in [0.25, 0.3) is 5.91 Å². The van der Waals surface area contributed by atoms with E-state index < -0.39 is 0 Å². The lowest BCUT2D eigenvalue weighted by Gasteiger charge is -2.11. The van der Waals surface area contributed by atoms with E-state index in [4.69, 9.17) is 5.73 Å². The fourth-order valence-electron chi connectivity index (χ4n) is 1.64. The minimum Gasteiger partial charge on any atom is -0.397 e. The summed E-state index contributed by atoms with van der Waals surface area (Å²) in [6, 6.07) is 1.77. The van der Waals surface area contributed by atoms with Crippen LogP contribution in [0.2, 0.25) is 0 Å². The first-order valence-corrected chi connectivity index (χ1v) is 6.43. The van der Waals surface area contributed by atoms with Gasteiger partial charge in [-0.1, -0.05) is 6.92 Å². The maximum atomic E-state index is 11.8. The Morgan fingerprint density at radius 3 is 2.68 bits per heavy atom. The largest absolute Gasteiger partial charge is 0.397 e. The Kier molecular flexibility index (Phi) is 5.41. The van der Waals surface area contributed by atoms with Crippen LogP contribution < -0.4 is 16.4 Å². The van der Waals surface area contributed by atoms with Crippen molar-refractivity contribution in [2.75, 3.05) is 12.3 Å². The van der Waals surface area contributed by atoms with Crippen LogP contribution in [0.3, 0.4) is 0 Å². The highest BCUT2D eigenvalue weighted by molar-refractivity contribution is 5.94. The number of carbonyl (C=O) groups is 2. The molecule has 0 bridgehead atoms. The summed E-state index contributed by atoms with van der Waals surface area (Å²) < 4.78 is 1.66. The first kappa shape index (κ1) is 15.1. The molecule has 106 valence electrons. The van der Waals surface area contributed by atoms with Crippen molar-refractivity contribution in [2.24, 2.45) is 7.05 Å². The lowest BCUT2D eigenvalue weighted by atomic mass is 10.2. The predicted molar refractivity (Wildman–Crippen MR) is 74.7 cm³/mol. The lowest BCUT2D eigenvalue weighted by molar-refractivity contribution is -0.121. The summed E-state index contributed by atoms with van der Waals surface area (Å²) in [4.78, 5) is 23.3. The van der Waals surface area contributed by atoms with Crippen molar-refractivity contribution in [1.82, 2.24) is 15.2 Å². The summed E-state index contributed by atoms with van der Waals surface area (Å²) in [5.41, 5.74) is 6.63. The number of nitrogens with one attached hydrogen (secondary N) is 2. The molecule has 0 saturated heterocycles. The lowest BCUT2D eigenvalue weighted by Crippen LogP contribution is -2.35. The number of amides is 2. The third kappa shape index (κ3) is 4.65. The second-order valence-electron chi connectivity index (χ2n) is 4.65. The van der Waals surface area contributed by atoms with E-state index in [-0.39, 0.29) is 24.3 Å². The maximum Gasteiger partial charge on any atom is 0.267 e. The molecule has 1 unspecified atom stereocenters. The third-order valence-corrected chi connectivity index (χ3v) is 2.92. The van der Waals surface area contributed by atoms with Gasteiger partial charge in [0, 0.05) is 32.3 Å². The highest BCUT2D eigenvalue weighted by Gasteiger charge is 2.11. The molecule has 0 aliphatic heterocycles. The number of hydrogen-bond acceptors (Lipinski definition) is 3. The van der Waals surface area contributed by atoms with Gasteiger partial charge in [0.05, 0.1) is 5.69 Å². The number of hydrogen-bond donors (Lipinski definition) is 3. The molecule has 19 heavy (non-hydrogen) atoms. The van der Waals surface area contributed by atoms with Crippen LogP contribution in [-0.4, -0.2) is 29.0 Å². The van der Waals surface area contributed by atoms with Crippen LogP contribution >= 0.6 is 0 Å². The molecular formula is C13H22N4O2. The van der Waals surface area contributed by atoms with Gasteiger partial charge in [0.2, 0.25) is 5.91 Å². The van der Waals surface area contributed by atoms with E-state index in [0.717, 1.165) is 6.42 Å². The van der Waals surface area contributed by atoms with Crippen LogP contribution in [0.15, 0.2) is 12.3 Å². The van der Waals surface area contributed by atoms with E-state index in [1.807, 2.05) is 13.8 Å². The molecule has 0 aliphatic rings. The van der Waals surface area contributed by atoms with E-state index in [2.05, 4.69) is 10.6 Å². The fraction of sp³-hybridized carbons (Fsp3) is 0.538. The molecule has 0 fully saturated rings. The van der Waals surface area contributed by atoms with Crippen molar-refractivity contribution in [1.29, 1.82) is 0 Å². The zero-order valence-electron chi connectivity index (χ0n) is 11.7. The molecule has 0 saturated carbocycles. The van der Waals surface area contributed by atoms with E-state index in [1.165, 1.54) is 0 Å². The van der Waals surface area contributed by atoms with E-state index in [0.29, 0.717) is 17.9 Å². The van der Waals surface area contributed by atoms with Crippen molar-refractivity contribution in [2.45, 2.75) is 32.7 Å². The van der Waals surface area contributed by atoms with Gasteiger partial charge in [0.1, 0.15) is 5.69 Å². The van der Waals surface area contributed by atoms with E-state index >= 15 is 0 Å². The van der Waals surface area contributed by atoms with Crippen LogP contribution in [0.5, 0.6) is 0 Å². The molecule has 0 spiro atoms. The quantitative estimate of drug-likeness (QED) is 0.706. The number of nitrogen functional groups attached to an aromatic ring is 1. The van der Waals surface area contributed by atoms with Crippen molar-refractivity contribution < 1.29 is 9.59 Å². The van der Waals surface area contributed by atoms with Crippen molar-refractivity contribution in [3.63, 3.8) is 0 Å². The van der Waals surface area contributed by atoms with Gasteiger partial charge in [-0.3, -0.25) is 9.59 Å². The highest BCUT2D eigenvalue weighted by atomic mass is 16.2. The van der Waals surface area contributed by atoms with E-state index in [9.17, 15) is 9.59 Å². The monoisotopic (exact) mass is 266 g/mol. The van der Waals surface area contributed by atoms with Crippen LogP contribution in [0, 0.1) is 0 Å². The van der Waals surface area contributed by atoms with E-state index in [1.54, 1.807) is 23.9 Å². The smallest absolute Gasteiger partial charge is 0.267 e. The molecule has 0 aromatic carbocycles. The molecular weight excluding hydrogens is 244 g/mol. The zero-order valence-corrected chi connectivity index (χ0v) is 11.7. The molecule has 1 rings (SSSR count). The summed E-state index contributed by atoms with van der Waals surface area (Å²) >= 11 is 0. The molecule has 1 aromatic heterocycles. The molecule has 1 atom stereocenters.